The Labute approximate surface area is 84.5 Å². The second kappa shape index (κ2) is 3.82. The van der Waals surface area contributed by atoms with E-state index >= 15 is 0 Å². The normalized spacial score (nSPS) is 15.7. The number of hydrogen-bond donors (Lipinski definition) is 0. The van der Waals surface area contributed by atoms with Gasteiger partial charge in [0, 0.05) is 12.1 Å². The maximum absolute atomic E-state index is 11.0. The van der Waals surface area contributed by atoms with E-state index in [4.69, 9.17) is 0 Å². The Morgan fingerprint density at radius 3 is 2.50 bits per heavy atom. The van der Waals surface area contributed by atoms with Gasteiger partial charge in [-0.25, -0.2) is 0 Å². The largest absolute Gasteiger partial charge is 0.619 e. The van der Waals surface area contributed by atoms with Crippen molar-refractivity contribution in [1.29, 1.82) is 0 Å². The summed E-state index contributed by atoms with van der Waals surface area (Å²) < 4.78 is 0.686. The van der Waals surface area contributed by atoms with E-state index in [0.717, 1.165) is 12.8 Å². The lowest BCUT2D eigenvalue weighted by atomic mass is 10.0. The van der Waals surface area contributed by atoms with Crippen LogP contribution in [0.5, 0.6) is 0 Å². The molecule has 0 N–H and O–H groups in total. The van der Waals surface area contributed by atoms with Crippen molar-refractivity contribution in [2.45, 2.75) is 32.1 Å². The molecule has 2 heteroatoms. The Kier molecular flexibility index (Phi) is 2.53. The average Bonchev–Trinajstić information content (AvgIpc) is 2.41. The molecule has 0 saturated carbocycles. The van der Waals surface area contributed by atoms with Crippen LogP contribution >= 0.6 is 0 Å². The quantitative estimate of drug-likeness (QED) is 0.219. The molecule has 1 aliphatic rings. The molecule has 0 spiro atoms. The molecule has 2 rings (SSSR count). The van der Waals surface area contributed by atoms with Crippen molar-refractivity contribution in [1.82, 2.24) is 0 Å². The summed E-state index contributed by atoms with van der Waals surface area (Å²) in [6.07, 6.45) is 6.09. The summed E-state index contributed by atoms with van der Waals surface area (Å²) in [7, 11) is 0. The van der Waals surface area contributed by atoms with Crippen molar-refractivity contribution in [3.8, 4) is 0 Å². The van der Waals surface area contributed by atoms with Gasteiger partial charge >= 0.3 is 0 Å². The van der Waals surface area contributed by atoms with Crippen LogP contribution in [0.15, 0.2) is 18.2 Å². The van der Waals surface area contributed by atoms with Gasteiger partial charge in [0.2, 0.25) is 5.69 Å². The molecule has 1 aliphatic carbocycles. The predicted molar refractivity (Wildman–Crippen MR) is 58.1 cm³/mol. The van der Waals surface area contributed by atoms with E-state index in [2.05, 4.69) is 12.8 Å². The Morgan fingerprint density at radius 1 is 1.07 bits per heavy atom. The molecule has 0 radical (unpaired) electrons. The standard InChI is InChI=1S/C12H15NO/c1-13(14)12-8-7-10-5-3-2-4-6-11(10)9-12/h7-9H,1-6H2. The molecule has 0 fully saturated rings. The Balaban J connectivity index is 2.37. The van der Waals surface area contributed by atoms with Crippen LogP contribution in [0.1, 0.15) is 30.4 Å². The SMILES string of the molecule is C=[N+]([O-])c1ccc2c(c1)CCCCC2. The van der Waals surface area contributed by atoms with E-state index in [1.807, 2.05) is 12.1 Å². The molecular formula is C12H15NO. The molecule has 0 saturated heterocycles. The number of benzene rings is 1. The molecule has 0 aromatic heterocycles. The fourth-order valence-corrected chi connectivity index (χ4v) is 2.05. The Bertz CT molecular complexity index is 357. The van der Waals surface area contributed by atoms with Crippen LogP contribution in [0, 0.1) is 5.21 Å². The second-order valence-electron chi connectivity index (χ2n) is 3.89. The Morgan fingerprint density at radius 2 is 1.79 bits per heavy atom. The van der Waals surface area contributed by atoms with Gasteiger partial charge in [-0.2, -0.15) is 4.74 Å². The molecule has 0 aliphatic heterocycles. The second-order valence-corrected chi connectivity index (χ2v) is 3.89. The third kappa shape index (κ3) is 1.79. The van der Waals surface area contributed by atoms with Crippen LogP contribution in [0.25, 0.3) is 0 Å². The lowest BCUT2D eigenvalue weighted by Crippen LogP contribution is -1.95. The highest BCUT2D eigenvalue weighted by Gasteiger charge is 2.10. The summed E-state index contributed by atoms with van der Waals surface area (Å²) in [5.41, 5.74) is 3.42. The summed E-state index contributed by atoms with van der Waals surface area (Å²) in [5.74, 6) is 0. The topological polar surface area (TPSA) is 26.1 Å². The van der Waals surface area contributed by atoms with Crippen molar-refractivity contribution in [2.75, 3.05) is 0 Å². The van der Waals surface area contributed by atoms with Gasteiger partial charge in [0.25, 0.3) is 0 Å². The summed E-state index contributed by atoms with van der Waals surface area (Å²) >= 11 is 0. The first kappa shape index (κ1) is 9.25. The van der Waals surface area contributed by atoms with Gasteiger partial charge in [0.05, 0.1) is 0 Å². The van der Waals surface area contributed by atoms with Crippen LogP contribution in [0.2, 0.25) is 0 Å². The first-order valence-corrected chi connectivity index (χ1v) is 5.17. The maximum atomic E-state index is 11.0. The highest BCUT2D eigenvalue weighted by atomic mass is 16.5. The highest BCUT2D eigenvalue weighted by molar-refractivity contribution is 5.42. The molecule has 2 nitrogen and oxygen atoms in total. The van der Waals surface area contributed by atoms with Gasteiger partial charge in [0.1, 0.15) is 6.72 Å². The third-order valence-corrected chi connectivity index (χ3v) is 2.87. The molecule has 14 heavy (non-hydrogen) atoms. The molecular weight excluding hydrogens is 174 g/mol. The summed E-state index contributed by atoms with van der Waals surface area (Å²) in [5, 5.41) is 11.0. The van der Waals surface area contributed by atoms with E-state index in [1.54, 1.807) is 0 Å². The van der Waals surface area contributed by atoms with Gasteiger partial charge in [-0.15, -0.1) is 0 Å². The van der Waals surface area contributed by atoms with E-state index in [9.17, 15) is 5.21 Å². The number of nitrogens with zero attached hydrogens (tertiary/aromatic N) is 1. The van der Waals surface area contributed by atoms with Crippen LogP contribution in [-0.4, -0.2) is 11.5 Å². The molecule has 0 heterocycles. The lowest BCUT2D eigenvalue weighted by Gasteiger charge is -2.07. The number of rotatable bonds is 1. The molecule has 0 atom stereocenters. The van der Waals surface area contributed by atoms with Crippen molar-refractivity contribution in [3.63, 3.8) is 0 Å². The number of fused-ring (bicyclic) bond motifs is 1. The van der Waals surface area contributed by atoms with Gasteiger partial charge < -0.3 is 5.21 Å². The number of hydrogen-bond acceptors (Lipinski definition) is 1. The van der Waals surface area contributed by atoms with Crippen LogP contribution < -0.4 is 0 Å². The van der Waals surface area contributed by atoms with Crippen molar-refractivity contribution in [3.05, 3.63) is 34.5 Å². The van der Waals surface area contributed by atoms with Gasteiger partial charge in [-0.3, -0.25) is 0 Å². The van der Waals surface area contributed by atoms with Gasteiger partial charge in [0.15, 0.2) is 0 Å². The summed E-state index contributed by atoms with van der Waals surface area (Å²) in [6, 6.07) is 5.93. The first-order chi connectivity index (χ1) is 6.77. The molecule has 0 unspecified atom stereocenters. The Hall–Kier alpha value is -1.31. The minimum atomic E-state index is 0.672. The summed E-state index contributed by atoms with van der Waals surface area (Å²) in [6.45, 7) is 3.36. The van der Waals surface area contributed by atoms with E-state index in [0.29, 0.717) is 10.4 Å². The van der Waals surface area contributed by atoms with E-state index in [1.165, 1.54) is 30.4 Å². The zero-order chi connectivity index (χ0) is 9.97. The molecule has 0 amide bonds. The lowest BCUT2D eigenvalue weighted by molar-refractivity contribution is -0.349. The summed E-state index contributed by atoms with van der Waals surface area (Å²) in [4.78, 5) is 0. The average molecular weight is 189 g/mol. The monoisotopic (exact) mass is 189 g/mol. The number of aryl methyl sites for hydroxylation is 2. The smallest absolute Gasteiger partial charge is 0.216 e. The predicted octanol–water partition coefficient (Wildman–Crippen LogP) is 2.80. The zero-order valence-corrected chi connectivity index (χ0v) is 8.33. The minimum Gasteiger partial charge on any atom is -0.619 e. The van der Waals surface area contributed by atoms with Crippen molar-refractivity contribution >= 4 is 12.4 Å². The molecule has 74 valence electrons. The van der Waals surface area contributed by atoms with E-state index in [-0.39, 0.29) is 0 Å². The fraction of sp³-hybridized carbons (Fsp3) is 0.417. The van der Waals surface area contributed by atoms with Gasteiger partial charge in [-0.1, -0.05) is 12.5 Å². The van der Waals surface area contributed by atoms with Crippen molar-refractivity contribution in [2.24, 2.45) is 0 Å². The van der Waals surface area contributed by atoms with Crippen LogP contribution in [0.3, 0.4) is 0 Å². The fourth-order valence-electron chi connectivity index (χ4n) is 2.05. The van der Waals surface area contributed by atoms with Crippen LogP contribution in [0.4, 0.5) is 5.69 Å². The van der Waals surface area contributed by atoms with Crippen LogP contribution in [-0.2, 0) is 12.8 Å². The molecule has 1 aromatic carbocycles. The van der Waals surface area contributed by atoms with Crippen molar-refractivity contribution < 1.29 is 4.74 Å². The third-order valence-electron chi connectivity index (χ3n) is 2.87. The van der Waals surface area contributed by atoms with E-state index < -0.39 is 0 Å². The maximum Gasteiger partial charge on any atom is 0.216 e. The molecule has 0 bridgehead atoms. The first-order valence-electron chi connectivity index (χ1n) is 5.17. The zero-order valence-electron chi connectivity index (χ0n) is 8.33. The highest BCUT2D eigenvalue weighted by Crippen LogP contribution is 2.24. The van der Waals surface area contributed by atoms with Gasteiger partial charge in [-0.05, 0) is 36.8 Å². The molecule has 1 aromatic rings. The minimum absolute atomic E-state index is 0.672.